The average Bonchev–Trinajstić information content (AvgIpc) is 3.34. The SMILES string of the molecule is COC(=O)C[C@@H](C)[C@H]1CC=C2C(C(=O)O)=C(C[C@]34CC[C@H](O3)C(C)(C)C4=O)C[C@@H](O)[C@]21C. The number of esters is 1. The minimum Gasteiger partial charge on any atom is -0.478 e. The molecule has 2 fully saturated rings. The molecule has 0 aromatic rings. The van der Waals surface area contributed by atoms with Gasteiger partial charge in [-0.25, -0.2) is 4.79 Å². The van der Waals surface area contributed by atoms with Gasteiger partial charge in [-0.05, 0) is 48.7 Å². The molecule has 4 aliphatic rings. The predicted octanol–water partition coefficient (Wildman–Crippen LogP) is 3.20. The summed E-state index contributed by atoms with van der Waals surface area (Å²) >= 11 is 0. The zero-order valence-electron chi connectivity index (χ0n) is 19.6. The number of hydrogen-bond acceptors (Lipinski definition) is 6. The van der Waals surface area contributed by atoms with Gasteiger partial charge in [-0.1, -0.05) is 33.8 Å². The highest BCUT2D eigenvalue weighted by Crippen LogP contribution is 2.59. The summed E-state index contributed by atoms with van der Waals surface area (Å²) in [6, 6.07) is 0. The first kappa shape index (κ1) is 23.2. The second-order valence-corrected chi connectivity index (χ2v) is 10.9. The van der Waals surface area contributed by atoms with Crippen LogP contribution in [-0.2, 0) is 23.9 Å². The molecule has 0 aromatic carbocycles. The number of aliphatic hydroxyl groups is 1. The second kappa shape index (κ2) is 7.52. The van der Waals surface area contributed by atoms with E-state index in [1.54, 1.807) is 0 Å². The van der Waals surface area contributed by atoms with Gasteiger partial charge in [0.05, 0.1) is 30.3 Å². The highest BCUT2D eigenvalue weighted by molar-refractivity contribution is 5.97. The molecular formula is C25H34O7. The van der Waals surface area contributed by atoms with Crippen molar-refractivity contribution in [2.75, 3.05) is 7.11 Å². The fourth-order valence-corrected chi connectivity index (χ4v) is 6.90. The Morgan fingerprint density at radius 2 is 2.00 bits per heavy atom. The highest BCUT2D eigenvalue weighted by Gasteiger charge is 2.64. The van der Waals surface area contributed by atoms with Crippen molar-refractivity contribution in [1.29, 1.82) is 0 Å². The number of carboxylic acids is 1. The van der Waals surface area contributed by atoms with E-state index in [1.807, 2.05) is 33.8 Å². The molecule has 2 aliphatic heterocycles. The number of ketones is 1. The topological polar surface area (TPSA) is 110 Å². The minimum absolute atomic E-state index is 0.0336. The predicted molar refractivity (Wildman–Crippen MR) is 116 cm³/mol. The van der Waals surface area contributed by atoms with Gasteiger partial charge in [0.25, 0.3) is 0 Å². The van der Waals surface area contributed by atoms with Crippen molar-refractivity contribution in [3.63, 3.8) is 0 Å². The molecule has 2 heterocycles. The number of hydrogen-bond donors (Lipinski definition) is 2. The maximum absolute atomic E-state index is 13.2. The minimum atomic E-state index is -1.04. The molecule has 2 N–H and O–H groups in total. The Morgan fingerprint density at radius 3 is 2.56 bits per heavy atom. The van der Waals surface area contributed by atoms with Gasteiger partial charge in [0.15, 0.2) is 5.78 Å². The number of aliphatic carboxylic acids is 1. The van der Waals surface area contributed by atoms with E-state index in [-0.39, 0.29) is 54.5 Å². The lowest BCUT2D eigenvalue weighted by atomic mass is 9.59. The third-order valence-electron chi connectivity index (χ3n) is 8.78. The molecule has 0 radical (unpaired) electrons. The van der Waals surface area contributed by atoms with E-state index < -0.39 is 28.5 Å². The number of Topliss-reactive ketones (excluding diaryl/α,β-unsaturated/α-hetero) is 1. The number of aliphatic hydroxyl groups excluding tert-OH is 1. The molecule has 2 saturated heterocycles. The fraction of sp³-hybridized carbons (Fsp3) is 0.720. The number of rotatable bonds is 6. The van der Waals surface area contributed by atoms with Gasteiger partial charge in [-0.3, -0.25) is 9.59 Å². The Hall–Kier alpha value is -1.99. The van der Waals surface area contributed by atoms with Gasteiger partial charge in [0, 0.05) is 18.3 Å². The summed E-state index contributed by atoms with van der Waals surface area (Å²) in [5.74, 6) is -1.49. The van der Waals surface area contributed by atoms with Crippen LogP contribution in [0.15, 0.2) is 22.8 Å². The summed E-state index contributed by atoms with van der Waals surface area (Å²) in [6.45, 7) is 7.64. The number of methoxy groups -OCH3 is 1. The van der Waals surface area contributed by atoms with Gasteiger partial charge >= 0.3 is 11.9 Å². The highest BCUT2D eigenvalue weighted by atomic mass is 16.5. The summed E-state index contributed by atoms with van der Waals surface area (Å²) in [7, 11) is 1.35. The quantitative estimate of drug-likeness (QED) is 0.603. The van der Waals surface area contributed by atoms with Crippen LogP contribution in [0, 0.1) is 22.7 Å². The second-order valence-electron chi connectivity index (χ2n) is 10.9. The Labute approximate surface area is 188 Å². The normalized spacial score (nSPS) is 38.5. The average molecular weight is 447 g/mol. The molecule has 2 bridgehead atoms. The van der Waals surface area contributed by atoms with Gasteiger partial charge in [-0.2, -0.15) is 0 Å². The van der Waals surface area contributed by atoms with Crippen LogP contribution < -0.4 is 0 Å². The van der Waals surface area contributed by atoms with Crippen LogP contribution in [0.4, 0.5) is 0 Å². The number of carbonyl (C=O) groups is 3. The van der Waals surface area contributed by atoms with E-state index in [1.165, 1.54) is 7.11 Å². The summed E-state index contributed by atoms with van der Waals surface area (Å²) < 4.78 is 11.0. The van der Waals surface area contributed by atoms with Crippen molar-refractivity contribution in [3.8, 4) is 0 Å². The first-order valence-corrected chi connectivity index (χ1v) is 11.5. The number of allylic oxidation sites excluding steroid dienone is 1. The van der Waals surface area contributed by atoms with Gasteiger partial charge in [-0.15, -0.1) is 0 Å². The molecule has 32 heavy (non-hydrogen) atoms. The van der Waals surface area contributed by atoms with Crippen molar-refractivity contribution in [2.24, 2.45) is 22.7 Å². The molecule has 0 amide bonds. The molecule has 0 spiro atoms. The third-order valence-corrected chi connectivity index (χ3v) is 8.78. The Kier molecular flexibility index (Phi) is 5.45. The van der Waals surface area contributed by atoms with Crippen molar-refractivity contribution < 1.29 is 34.1 Å². The van der Waals surface area contributed by atoms with Crippen molar-refractivity contribution in [1.82, 2.24) is 0 Å². The van der Waals surface area contributed by atoms with E-state index in [0.29, 0.717) is 24.0 Å². The molecule has 176 valence electrons. The molecule has 0 saturated carbocycles. The maximum Gasteiger partial charge on any atom is 0.335 e. The molecule has 7 heteroatoms. The smallest absolute Gasteiger partial charge is 0.335 e. The largest absolute Gasteiger partial charge is 0.478 e. The van der Waals surface area contributed by atoms with Crippen LogP contribution in [-0.4, -0.2) is 52.9 Å². The lowest BCUT2D eigenvalue weighted by Gasteiger charge is -2.46. The van der Waals surface area contributed by atoms with E-state index in [4.69, 9.17) is 9.47 Å². The van der Waals surface area contributed by atoms with Crippen molar-refractivity contribution in [3.05, 3.63) is 22.8 Å². The van der Waals surface area contributed by atoms with E-state index in [0.717, 1.165) is 6.42 Å². The van der Waals surface area contributed by atoms with Gasteiger partial charge in [0.1, 0.15) is 5.60 Å². The van der Waals surface area contributed by atoms with E-state index in [2.05, 4.69) is 0 Å². The lowest BCUT2D eigenvalue weighted by molar-refractivity contribution is -0.143. The Bertz CT molecular complexity index is 929. The third kappa shape index (κ3) is 3.11. The number of fused-ring (bicyclic) bond motifs is 3. The van der Waals surface area contributed by atoms with Crippen molar-refractivity contribution in [2.45, 2.75) is 84.0 Å². The zero-order chi connectivity index (χ0) is 23.6. The first-order chi connectivity index (χ1) is 14.9. The molecule has 7 nitrogen and oxygen atoms in total. The van der Waals surface area contributed by atoms with Gasteiger partial charge < -0.3 is 19.7 Å². The Morgan fingerprint density at radius 1 is 1.31 bits per heavy atom. The van der Waals surface area contributed by atoms with Crippen LogP contribution in [0.25, 0.3) is 0 Å². The standard InChI is InChI=1S/C25H34O7/c1-13(10-19(27)31-5)15-6-7-16-20(21(28)29)14(11-17(26)24(15,16)4)12-25-9-8-18(32-25)23(2,3)22(25)30/h7,13,15,17-18,26H,6,8-12H2,1-5H3,(H,28,29)/t13-,15-,17-,18+,24+,25+/m1/s1. The van der Waals surface area contributed by atoms with Crippen LogP contribution in [0.3, 0.4) is 0 Å². The van der Waals surface area contributed by atoms with E-state index in [9.17, 15) is 24.6 Å². The zero-order valence-corrected chi connectivity index (χ0v) is 19.6. The van der Waals surface area contributed by atoms with Crippen LogP contribution >= 0.6 is 0 Å². The first-order valence-electron chi connectivity index (χ1n) is 11.5. The summed E-state index contributed by atoms with van der Waals surface area (Å²) in [6.07, 6.45) is 3.51. The van der Waals surface area contributed by atoms with Crippen LogP contribution in [0.5, 0.6) is 0 Å². The molecule has 6 atom stereocenters. The van der Waals surface area contributed by atoms with Crippen LogP contribution in [0.1, 0.15) is 66.2 Å². The number of carboxylic acid groups (broad SMARTS) is 1. The molecular weight excluding hydrogens is 412 g/mol. The maximum atomic E-state index is 13.2. The monoisotopic (exact) mass is 446 g/mol. The van der Waals surface area contributed by atoms with E-state index >= 15 is 0 Å². The summed E-state index contributed by atoms with van der Waals surface area (Å²) in [5, 5.41) is 21.5. The van der Waals surface area contributed by atoms with Gasteiger partial charge in [0.2, 0.25) is 0 Å². The summed E-state index contributed by atoms with van der Waals surface area (Å²) in [5.41, 5.74) is -0.929. The molecule has 0 aromatic heterocycles. The molecule has 0 unspecified atom stereocenters. The lowest BCUT2D eigenvalue weighted by Crippen LogP contribution is -2.47. The molecule has 4 rings (SSSR count). The van der Waals surface area contributed by atoms with Crippen molar-refractivity contribution >= 4 is 17.7 Å². The van der Waals surface area contributed by atoms with Crippen LogP contribution in [0.2, 0.25) is 0 Å². The summed E-state index contributed by atoms with van der Waals surface area (Å²) in [4.78, 5) is 37.5. The fourth-order valence-electron chi connectivity index (χ4n) is 6.90. The number of carbonyl (C=O) groups excluding carboxylic acids is 2. The molecule has 2 aliphatic carbocycles. The Balaban J connectivity index is 1.69. The number of ether oxygens (including phenoxy) is 2.